The second-order valence-corrected chi connectivity index (χ2v) is 4.49. The fourth-order valence-corrected chi connectivity index (χ4v) is 2.11. The normalized spacial score (nSPS) is 19.8. The Balaban J connectivity index is 2.09. The topological polar surface area (TPSA) is 57.3 Å². The molecule has 1 atom stereocenters. The molecule has 1 aromatic heterocycles. The summed E-state index contributed by atoms with van der Waals surface area (Å²) in [6.45, 7) is 1.75. The van der Waals surface area contributed by atoms with Gasteiger partial charge in [-0.15, -0.1) is 0 Å². The third-order valence-corrected chi connectivity index (χ3v) is 3.10. The Morgan fingerprint density at radius 3 is 3.00 bits per heavy atom. The van der Waals surface area contributed by atoms with Crippen LogP contribution in [0.25, 0.3) is 0 Å². The number of amides is 1. The average Bonchev–Trinajstić information content (AvgIpc) is 2.75. The highest BCUT2D eigenvalue weighted by Gasteiger charge is 2.23. The third-order valence-electron chi connectivity index (χ3n) is 3.10. The zero-order chi connectivity index (χ0) is 13.1. The van der Waals surface area contributed by atoms with E-state index >= 15 is 0 Å². The highest BCUT2D eigenvalue weighted by Crippen LogP contribution is 2.15. The maximum absolute atomic E-state index is 13.9. The summed E-state index contributed by atoms with van der Waals surface area (Å²) in [6.07, 6.45) is 2.32. The summed E-state index contributed by atoms with van der Waals surface area (Å²) < 4.78 is 13.9. The number of nitrogens with zero attached hydrogens (tertiary/aromatic N) is 2. The summed E-state index contributed by atoms with van der Waals surface area (Å²) >= 11 is 0. The van der Waals surface area contributed by atoms with Crippen LogP contribution in [-0.4, -0.2) is 49.0 Å². The highest BCUT2D eigenvalue weighted by atomic mass is 19.1. The van der Waals surface area contributed by atoms with Gasteiger partial charge in [0.05, 0.1) is 5.56 Å². The van der Waals surface area contributed by atoms with Crippen LogP contribution in [0, 0.1) is 5.82 Å². The molecule has 1 amide bonds. The molecule has 0 aromatic carbocycles. The number of anilines is 1. The smallest absolute Gasteiger partial charge is 0.254 e. The van der Waals surface area contributed by atoms with E-state index in [4.69, 9.17) is 0 Å². The van der Waals surface area contributed by atoms with Crippen molar-refractivity contribution in [1.82, 2.24) is 15.2 Å². The van der Waals surface area contributed by atoms with Crippen LogP contribution in [0.15, 0.2) is 12.3 Å². The summed E-state index contributed by atoms with van der Waals surface area (Å²) in [5, 5.41) is 5.46. The number of halogens is 1. The molecular formula is C12H17FN4O. The molecule has 1 unspecified atom stereocenters. The van der Waals surface area contributed by atoms with E-state index in [1.54, 1.807) is 7.05 Å². The summed E-state index contributed by atoms with van der Waals surface area (Å²) in [5.74, 6) is -0.901. The molecule has 18 heavy (non-hydrogen) atoms. The van der Waals surface area contributed by atoms with Crippen LogP contribution in [-0.2, 0) is 0 Å². The van der Waals surface area contributed by atoms with Gasteiger partial charge in [-0.05, 0) is 26.1 Å². The lowest BCUT2D eigenvalue weighted by Crippen LogP contribution is -2.37. The lowest BCUT2D eigenvalue weighted by atomic mass is 10.2. The predicted molar refractivity (Wildman–Crippen MR) is 67.1 cm³/mol. The van der Waals surface area contributed by atoms with Crippen molar-refractivity contribution >= 4 is 11.7 Å². The van der Waals surface area contributed by atoms with Gasteiger partial charge >= 0.3 is 0 Å². The number of carbonyl (C=O) groups excluding carboxylic acids is 1. The Labute approximate surface area is 105 Å². The fourth-order valence-electron chi connectivity index (χ4n) is 2.11. The van der Waals surface area contributed by atoms with Crippen LogP contribution in [0.4, 0.5) is 10.2 Å². The molecule has 2 rings (SSSR count). The lowest BCUT2D eigenvalue weighted by molar-refractivity contribution is 0.0934. The molecule has 0 saturated carbocycles. The molecule has 2 N–H and O–H groups in total. The van der Waals surface area contributed by atoms with Crippen molar-refractivity contribution in [2.75, 3.05) is 32.5 Å². The SMILES string of the molecule is CNc1nccc(C(=O)NC2CCN(C)C2)c1F. The first-order chi connectivity index (χ1) is 8.61. The fraction of sp³-hybridized carbons (Fsp3) is 0.500. The molecule has 0 aliphatic carbocycles. The molecule has 2 heterocycles. The van der Waals surface area contributed by atoms with Crippen LogP contribution in [0.5, 0.6) is 0 Å². The average molecular weight is 252 g/mol. The monoisotopic (exact) mass is 252 g/mol. The number of pyridine rings is 1. The first-order valence-corrected chi connectivity index (χ1v) is 5.93. The van der Waals surface area contributed by atoms with E-state index < -0.39 is 5.82 Å². The quantitative estimate of drug-likeness (QED) is 0.831. The zero-order valence-electron chi connectivity index (χ0n) is 10.5. The Kier molecular flexibility index (Phi) is 3.76. The number of likely N-dealkylation sites (tertiary alicyclic amines) is 1. The lowest BCUT2D eigenvalue weighted by Gasteiger charge is -2.13. The van der Waals surface area contributed by atoms with Gasteiger partial charge in [-0.25, -0.2) is 9.37 Å². The van der Waals surface area contributed by atoms with Gasteiger partial charge < -0.3 is 15.5 Å². The number of likely N-dealkylation sites (N-methyl/N-ethyl adjacent to an activating group) is 1. The third kappa shape index (κ3) is 2.59. The maximum atomic E-state index is 13.9. The van der Waals surface area contributed by atoms with Gasteiger partial charge in [0.2, 0.25) is 0 Å². The Hall–Kier alpha value is -1.69. The number of hydrogen-bond acceptors (Lipinski definition) is 4. The van der Waals surface area contributed by atoms with Crippen molar-refractivity contribution in [3.05, 3.63) is 23.6 Å². The van der Waals surface area contributed by atoms with Gasteiger partial charge in [0.25, 0.3) is 5.91 Å². The molecule has 1 fully saturated rings. The second kappa shape index (κ2) is 5.30. The highest BCUT2D eigenvalue weighted by molar-refractivity contribution is 5.95. The first kappa shape index (κ1) is 12.8. The van der Waals surface area contributed by atoms with Crippen LogP contribution in [0.2, 0.25) is 0 Å². The Bertz CT molecular complexity index is 452. The number of hydrogen-bond donors (Lipinski definition) is 2. The maximum Gasteiger partial charge on any atom is 0.254 e. The van der Waals surface area contributed by atoms with Gasteiger partial charge in [0, 0.05) is 25.8 Å². The van der Waals surface area contributed by atoms with E-state index in [1.807, 2.05) is 7.05 Å². The molecule has 0 radical (unpaired) electrons. The predicted octanol–water partition coefficient (Wildman–Crippen LogP) is 0.696. The van der Waals surface area contributed by atoms with Crippen molar-refractivity contribution in [2.24, 2.45) is 0 Å². The van der Waals surface area contributed by atoms with E-state index in [0.29, 0.717) is 0 Å². The molecule has 6 heteroatoms. The van der Waals surface area contributed by atoms with Crippen molar-refractivity contribution in [3.8, 4) is 0 Å². The van der Waals surface area contributed by atoms with Crippen LogP contribution in [0.3, 0.4) is 0 Å². The van der Waals surface area contributed by atoms with Crippen molar-refractivity contribution in [1.29, 1.82) is 0 Å². The second-order valence-electron chi connectivity index (χ2n) is 4.49. The first-order valence-electron chi connectivity index (χ1n) is 5.93. The minimum Gasteiger partial charge on any atom is -0.371 e. The number of rotatable bonds is 3. The Morgan fingerprint density at radius 1 is 1.61 bits per heavy atom. The summed E-state index contributed by atoms with van der Waals surface area (Å²) in [5.41, 5.74) is 0.0314. The van der Waals surface area contributed by atoms with Crippen LogP contribution < -0.4 is 10.6 Å². The number of nitrogens with one attached hydrogen (secondary N) is 2. The van der Waals surface area contributed by atoms with Gasteiger partial charge in [0.1, 0.15) is 0 Å². The molecule has 1 aliphatic rings. The van der Waals surface area contributed by atoms with E-state index in [1.165, 1.54) is 12.3 Å². The molecule has 5 nitrogen and oxygen atoms in total. The van der Waals surface area contributed by atoms with E-state index in [2.05, 4.69) is 20.5 Å². The molecule has 1 aliphatic heterocycles. The van der Waals surface area contributed by atoms with E-state index in [9.17, 15) is 9.18 Å². The van der Waals surface area contributed by atoms with E-state index in [-0.39, 0.29) is 23.3 Å². The summed E-state index contributed by atoms with van der Waals surface area (Å²) in [7, 11) is 3.57. The summed E-state index contributed by atoms with van der Waals surface area (Å²) in [4.78, 5) is 17.9. The minimum absolute atomic E-state index is 0.0314. The van der Waals surface area contributed by atoms with Crippen molar-refractivity contribution in [3.63, 3.8) is 0 Å². The molecule has 0 spiro atoms. The van der Waals surface area contributed by atoms with Gasteiger partial charge in [-0.3, -0.25) is 4.79 Å². The summed E-state index contributed by atoms with van der Waals surface area (Å²) in [6, 6.07) is 1.48. The van der Waals surface area contributed by atoms with Gasteiger partial charge in [0.15, 0.2) is 11.6 Å². The van der Waals surface area contributed by atoms with E-state index in [0.717, 1.165) is 19.5 Å². The number of carbonyl (C=O) groups is 1. The molecule has 0 bridgehead atoms. The molecule has 98 valence electrons. The van der Waals surface area contributed by atoms with Crippen molar-refractivity contribution < 1.29 is 9.18 Å². The molecule has 1 saturated heterocycles. The van der Waals surface area contributed by atoms with Crippen molar-refractivity contribution in [2.45, 2.75) is 12.5 Å². The molecular weight excluding hydrogens is 235 g/mol. The standard InChI is InChI=1S/C12H17FN4O/c1-14-11-10(13)9(3-5-15-11)12(18)16-8-4-6-17(2)7-8/h3,5,8H,4,6-7H2,1-2H3,(H,14,15)(H,16,18). The zero-order valence-corrected chi connectivity index (χ0v) is 10.5. The largest absolute Gasteiger partial charge is 0.371 e. The van der Waals surface area contributed by atoms with Crippen LogP contribution in [0.1, 0.15) is 16.8 Å². The van der Waals surface area contributed by atoms with Crippen LogP contribution >= 0.6 is 0 Å². The van der Waals surface area contributed by atoms with Gasteiger partial charge in [-0.2, -0.15) is 0 Å². The minimum atomic E-state index is -0.608. The Morgan fingerprint density at radius 2 is 2.39 bits per heavy atom. The molecule has 1 aromatic rings. The van der Waals surface area contributed by atoms with Gasteiger partial charge in [-0.1, -0.05) is 0 Å². The number of aromatic nitrogens is 1.